The summed E-state index contributed by atoms with van der Waals surface area (Å²) in [4.78, 5) is 26.3. The van der Waals surface area contributed by atoms with Crippen LogP contribution in [0, 0.1) is 12.3 Å². The van der Waals surface area contributed by atoms with Gasteiger partial charge in [0.05, 0.1) is 11.1 Å². The first kappa shape index (κ1) is 12.4. The van der Waals surface area contributed by atoms with E-state index in [0.29, 0.717) is 18.7 Å². The third kappa shape index (κ3) is 1.96. The van der Waals surface area contributed by atoms with E-state index < -0.39 is 5.41 Å². The molecular weight excluding hydrogens is 240 g/mol. The Kier molecular flexibility index (Phi) is 2.90. The van der Waals surface area contributed by atoms with Crippen LogP contribution in [0.25, 0.3) is 0 Å². The number of hydrogen-bond donors (Lipinski definition) is 1. The Labute approximate surface area is 112 Å². The fourth-order valence-corrected chi connectivity index (χ4v) is 3.12. The van der Waals surface area contributed by atoms with Crippen LogP contribution >= 0.6 is 0 Å². The largest absolute Gasteiger partial charge is 0.316 e. The normalized spacial score (nSPS) is 27.3. The molecule has 1 N–H and O–H groups in total. The highest BCUT2D eigenvalue weighted by Crippen LogP contribution is 2.40. The summed E-state index contributed by atoms with van der Waals surface area (Å²) in [5, 5.41) is 3.25. The number of imide groups is 1. The van der Waals surface area contributed by atoms with E-state index in [-0.39, 0.29) is 11.8 Å². The number of anilines is 1. The minimum absolute atomic E-state index is 0.0321. The molecule has 2 amide bonds. The molecule has 4 nitrogen and oxygen atoms in total. The SMILES string of the molecule is Cc1cccc(N2C(=O)C[C@]3(CCCNC3)C2=O)c1. The Balaban J connectivity index is 1.95. The maximum Gasteiger partial charge on any atom is 0.241 e. The standard InChI is InChI=1S/C15H18N2O2/c1-11-4-2-5-12(8-11)17-13(18)9-15(14(17)19)6-3-7-16-10-15/h2,4-5,8,16H,3,6-7,9-10H2,1H3/t15-/m0/s1. The van der Waals surface area contributed by atoms with Crippen molar-refractivity contribution in [2.24, 2.45) is 5.41 Å². The van der Waals surface area contributed by atoms with Crippen LogP contribution in [-0.2, 0) is 9.59 Å². The third-order valence-corrected chi connectivity index (χ3v) is 4.13. The number of nitrogens with one attached hydrogen (secondary N) is 1. The number of rotatable bonds is 1. The second kappa shape index (κ2) is 4.46. The predicted molar refractivity (Wildman–Crippen MR) is 72.8 cm³/mol. The highest BCUT2D eigenvalue weighted by molar-refractivity contribution is 6.22. The zero-order chi connectivity index (χ0) is 13.5. The number of amides is 2. The van der Waals surface area contributed by atoms with Gasteiger partial charge >= 0.3 is 0 Å². The van der Waals surface area contributed by atoms with Gasteiger partial charge in [-0.1, -0.05) is 12.1 Å². The van der Waals surface area contributed by atoms with Crippen molar-refractivity contribution in [2.45, 2.75) is 26.2 Å². The number of nitrogens with zero attached hydrogens (tertiary/aromatic N) is 1. The summed E-state index contributed by atoms with van der Waals surface area (Å²) in [5.74, 6) is -0.102. The molecule has 2 aliphatic heterocycles. The van der Waals surface area contributed by atoms with Gasteiger partial charge in [0.1, 0.15) is 0 Å². The summed E-state index contributed by atoms with van der Waals surface area (Å²) in [6.45, 7) is 3.53. The van der Waals surface area contributed by atoms with E-state index in [2.05, 4.69) is 5.32 Å². The average molecular weight is 258 g/mol. The van der Waals surface area contributed by atoms with E-state index in [1.807, 2.05) is 31.2 Å². The molecule has 1 aromatic rings. The number of carbonyl (C=O) groups excluding carboxylic acids is 2. The van der Waals surface area contributed by atoms with Crippen LogP contribution in [-0.4, -0.2) is 24.9 Å². The van der Waals surface area contributed by atoms with Gasteiger partial charge < -0.3 is 5.32 Å². The van der Waals surface area contributed by atoms with Gasteiger partial charge in [-0.25, -0.2) is 0 Å². The Morgan fingerprint density at radius 1 is 1.32 bits per heavy atom. The highest BCUT2D eigenvalue weighted by Gasteiger charge is 2.52. The van der Waals surface area contributed by atoms with Crippen molar-refractivity contribution in [3.8, 4) is 0 Å². The molecule has 19 heavy (non-hydrogen) atoms. The first-order valence-corrected chi connectivity index (χ1v) is 6.77. The Morgan fingerprint density at radius 3 is 2.84 bits per heavy atom. The number of piperidine rings is 1. The molecule has 2 fully saturated rings. The van der Waals surface area contributed by atoms with Gasteiger partial charge in [0.2, 0.25) is 11.8 Å². The van der Waals surface area contributed by atoms with Crippen molar-refractivity contribution in [2.75, 3.05) is 18.0 Å². The molecule has 2 saturated heterocycles. The van der Waals surface area contributed by atoms with Crippen molar-refractivity contribution in [3.63, 3.8) is 0 Å². The van der Waals surface area contributed by atoms with E-state index in [1.165, 1.54) is 4.90 Å². The topological polar surface area (TPSA) is 49.4 Å². The molecule has 0 bridgehead atoms. The lowest BCUT2D eigenvalue weighted by atomic mass is 9.79. The summed E-state index contributed by atoms with van der Waals surface area (Å²) >= 11 is 0. The van der Waals surface area contributed by atoms with Crippen molar-refractivity contribution >= 4 is 17.5 Å². The quantitative estimate of drug-likeness (QED) is 0.779. The van der Waals surface area contributed by atoms with E-state index in [4.69, 9.17) is 0 Å². The molecule has 0 aromatic heterocycles. The summed E-state index contributed by atoms with van der Waals surface area (Å²) in [7, 11) is 0. The van der Waals surface area contributed by atoms with Crippen molar-refractivity contribution < 1.29 is 9.59 Å². The van der Waals surface area contributed by atoms with Crippen molar-refractivity contribution in [3.05, 3.63) is 29.8 Å². The zero-order valence-corrected chi connectivity index (χ0v) is 11.1. The van der Waals surface area contributed by atoms with Gasteiger partial charge in [0.25, 0.3) is 0 Å². The number of aryl methyl sites for hydroxylation is 1. The second-order valence-electron chi connectivity index (χ2n) is 5.61. The van der Waals surface area contributed by atoms with Gasteiger partial charge in [-0.15, -0.1) is 0 Å². The molecular formula is C15H18N2O2. The average Bonchev–Trinajstić information content (AvgIpc) is 2.62. The third-order valence-electron chi connectivity index (χ3n) is 4.13. The Bertz CT molecular complexity index is 533. The van der Waals surface area contributed by atoms with Gasteiger partial charge in [0.15, 0.2) is 0 Å². The predicted octanol–water partition coefficient (Wildman–Crippen LogP) is 1.63. The van der Waals surface area contributed by atoms with E-state index in [1.54, 1.807) is 0 Å². The van der Waals surface area contributed by atoms with Crippen molar-refractivity contribution in [1.29, 1.82) is 0 Å². The summed E-state index contributed by atoms with van der Waals surface area (Å²) in [6, 6.07) is 7.57. The smallest absolute Gasteiger partial charge is 0.241 e. The highest BCUT2D eigenvalue weighted by atomic mass is 16.2. The van der Waals surface area contributed by atoms with E-state index >= 15 is 0 Å². The summed E-state index contributed by atoms with van der Waals surface area (Å²) < 4.78 is 0. The lowest BCUT2D eigenvalue weighted by Crippen LogP contribution is -2.45. The molecule has 0 unspecified atom stereocenters. The maximum absolute atomic E-state index is 12.7. The first-order valence-electron chi connectivity index (χ1n) is 6.77. The minimum Gasteiger partial charge on any atom is -0.316 e. The fraction of sp³-hybridized carbons (Fsp3) is 0.467. The van der Waals surface area contributed by atoms with Gasteiger partial charge in [-0.3, -0.25) is 14.5 Å². The minimum atomic E-state index is -0.501. The fourth-order valence-electron chi connectivity index (χ4n) is 3.12. The molecule has 2 aliphatic rings. The lowest BCUT2D eigenvalue weighted by Gasteiger charge is -2.31. The summed E-state index contributed by atoms with van der Waals surface area (Å²) in [5.41, 5.74) is 1.26. The van der Waals surface area contributed by atoms with Crippen molar-refractivity contribution in [1.82, 2.24) is 5.32 Å². The second-order valence-corrected chi connectivity index (χ2v) is 5.61. The van der Waals surface area contributed by atoms with Gasteiger partial charge in [-0.05, 0) is 44.0 Å². The first-order chi connectivity index (χ1) is 9.12. The molecule has 0 saturated carbocycles. The monoisotopic (exact) mass is 258 g/mol. The van der Waals surface area contributed by atoms with Gasteiger partial charge in [-0.2, -0.15) is 0 Å². The molecule has 2 heterocycles. The van der Waals surface area contributed by atoms with Crippen LogP contribution in [0.4, 0.5) is 5.69 Å². The van der Waals surface area contributed by atoms with Crippen LogP contribution in [0.1, 0.15) is 24.8 Å². The van der Waals surface area contributed by atoms with E-state index in [9.17, 15) is 9.59 Å². The van der Waals surface area contributed by atoms with Gasteiger partial charge in [0, 0.05) is 13.0 Å². The Hall–Kier alpha value is -1.68. The molecule has 4 heteroatoms. The van der Waals surface area contributed by atoms with Crippen LogP contribution < -0.4 is 10.2 Å². The molecule has 0 radical (unpaired) electrons. The lowest BCUT2D eigenvalue weighted by molar-refractivity contribution is -0.126. The molecule has 0 aliphatic carbocycles. The van der Waals surface area contributed by atoms with Crippen LogP contribution in [0.3, 0.4) is 0 Å². The summed E-state index contributed by atoms with van der Waals surface area (Å²) in [6.07, 6.45) is 2.11. The maximum atomic E-state index is 12.7. The Morgan fingerprint density at radius 2 is 2.16 bits per heavy atom. The zero-order valence-electron chi connectivity index (χ0n) is 11.1. The number of hydrogen-bond acceptors (Lipinski definition) is 3. The van der Waals surface area contributed by atoms with Crippen LogP contribution in [0.15, 0.2) is 24.3 Å². The molecule has 1 aromatic carbocycles. The number of benzene rings is 1. The molecule has 1 spiro atoms. The van der Waals surface area contributed by atoms with Crippen LogP contribution in [0.5, 0.6) is 0 Å². The molecule has 1 atom stereocenters. The molecule has 100 valence electrons. The van der Waals surface area contributed by atoms with Crippen LogP contribution in [0.2, 0.25) is 0 Å². The van der Waals surface area contributed by atoms with E-state index in [0.717, 1.165) is 24.9 Å². The number of carbonyl (C=O) groups is 2. The molecule has 3 rings (SSSR count).